The maximum Gasteiger partial charge on any atom is 0.125 e. The minimum Gasteiger partial charge on any atom is -0.325 e. The van der Waals surface area contributed by atoms with E-state index in [9.17, 15) is 0 Å². The van der Waals surface area contributed by atoms with E-state index in [0.29, 0.717) is 0 Å². The van der Waals surface area contributed by atoms with Crippen molar-refractivity contribution in [2.24, 2.45) is 0 Å². The van der Waals surface area contributed by atoms with Gasteiger partial charge in [-0.1, -0.05) is 47.0 Å². The average Bonchev–Trinajstić information content (AvgIpc) is 2.88. The predicted molar refractivity (Wildman–Crippen MR) is 110 cm³/mol. The highest BCUT2D eigenvalue weighted by Crippen LogP contribution is 2.38. The van der Waals surface area contributed by atoms with Crippen LogP contribution in [0.25, 0.3) is 0 Å². The molecule has 0 N–H and O–H groups in total. The van der Waals surface area contributed by atoms with E-state index in [1.165, 1.54) is 44.8 Å². The molecule has 0 unspecified atom stereocenters. The van der Waals surface area contributed by atoms with Gasteiger partial charge in [0.2, 0.25) is 0 Å². The topological polar surface area (TPSA) is 6.48 Å². The van der Waals surface area contributed by atoms with Crippen molar-refractivity contribution >= 4 is 23.0 Å². The van der Waals surface area contributed by atoms with E-state index in [-0.39, 0.29) is 0 Å². The fraction of sp³-hybridized carbons (Fsp3) is 0.364. The fourth-order valence-electron chi connectivity index (χ4n) is 4.34. The molecule has 2 aromatic carbocycles. The highest BCUT2D eigenvalue weighted by molar-refractivity contribution is 6.26. The van der Waals surface area contributed by atoms with Gasteiger partial charge in [-0.25, -0.2) is 0 Å². The molecule has 3 heteroatoms. The van der Waals surface area contributed by atoms with Crippen LogP contribution in [0.1, 0.15) is 33.4 Å². The normalized spacial score (nSPS) is 14.4. The molecule has 132 valence electrons. The van der Waals surface area contributed by atoms with E-state index in [4.69, 9.17) is 11.6 Å². The SMILES string of the molecule is Cc1cc(C)c(N2CCN(c3c(C)cc(C)cc3C)C2=CCl)c(C)c1. The fourth-order valence-corrected chi connectivity index (χ4v) is 4.58. The first-order chi connectivity index (χ1) is 11.8. The van der Waals surface area contributed by atoms with Crippen molar-refractivity contribution in [2.45, 2.75) is 41.5 Å². The summed E-state index contributed by atoms with van der Waals surface area (Å²) in [5.74, 6) is 1.06. The first-order valence-electron chi connectivity index (χ1n) is 8.84. The minimum atomic E-state index is 0.941. The molecule has 3 rings (SSSR count). The summed E-state index contributed by atoms with van der Waals surface area (Å²) < 4.78 is 0. The predicted octanol–water partition coefficient (Wildman–Crippen LogP) is 5.90. The van der Waals surface area contributed by atoms with E-state index in [1.807, 2.05) is 0 Å². The van der Waals surface area contributed by atoms with Gasteiger partial charge in [-0.3, -0.25) is 0 Å². The molecule has 1 aliphatic rings. The first-order valence-corrected chi connectivity index (χ1v) is 9.28. The molecule has 2 nitrogen and oxygen atoms in total. The molecular formula is C22H27ClN2. The molecule has 0 aromatic heterocycles. The monoisotopic (exact) mass is 354 g/mol. The van der Waals surface area contributed by atoms with E-state index < -0.39 is 0 Å². The van der Waals surface area contributed by atoms with Gasteiger partial charge in [-0.2, -0.15) is 0 Å². The van der Waals surface area contributed by atoms with Gasteiger partial charge in [0.15, 0.2) is 0 Å². The third-order valence-corrected chi connectivity index (χ3v) is 5.20. The molecule has 0 spiro atoms. The van der Waals surface area contributed by atoms with E-state index in [1.54, 1.807) is 5.54 Å². The lowest BCUT2D eigenvalue weighted by Gasteiger charge is -2.29. The lowest BCUT2D eigenvalue weighted by molar-refractivity contribution is 1.01. The third-order valence-electron chi connectivity index (χ3n) is 5.01. The van der Waals surface area contributed by atoms with Gasteiger partial charge in [-0.15, -0.1) is 0 Å². The van der Waals surface area contributed by atoms with Gasteiger partial charge in [0.1, 0.15) is 5.82 Å². The Morgan fingerprint density at radius 1 is 0.680 bits per heavy atom. The highest BCUT2D eigenvalue weighted by atomic mass is 35.5. The Morgan fingerprint density at radius 3 is 1.28 bits per heavy atom. The van der Waals surface area contributed by atoms with Crippen LogP contribution in [0.3, 0.4) is 0 Å². The number of aryl methyl sites for hydroxylation is 6. The lowest BCUT2D eigenvalue weighted by atomic mass is 10.0. The summed E-state index contributed by atoms with van der Waals surface area (Å²) >= 11 is 6.32. The zero-order valence-corrected chi connectivity index (χ0v) is 16.8. The molecule has 0 aliphatic carbocycles. The van der Waals surface area contributed by atoms with Crippen LogP contribution in [0.15, 0.2) is 35.6 Å². The van der Waals surface area contributed by atoms with Crippen LogP contribution in [-0.4, -0.2) is 13.1 Å². The zero-order valence-electron chi connectivity index (χ0n) is 16.1. The minimum absolute atomic E-state index is 0.941. The molecule has 25 heavy (non-hydrogen) atoms. The van der Waals surface area contributed by atoms with Gasteiger partial charge in [0.05, 0.1) is 0 Å². The van der Waals surface area contributed by atoms with Crippen molar-refractivity contribution < 1.29 is 0 Å². The molecule has 0 atom stereocenters. The second kappa shape index (κ2) is 6.76. The summed E-state index contributed by atoms with van der Waals surface area (Å²) in [6, 6.07) is 9.00. The van der Waals surface area contributed by atoms with Crippen LogP contribution in [0.2, 0.25) is 0 Å². The Balaban J connectivity index is 2.07. The summed E-state index contributed by atoms with van der Waals surface area (Å²) in [5.41, 5.74) is 12.1. The van der Waals surface area contributed by atoms with Crippen molar-refractivity contribution in [2.75, 3.05) is 22.9 Å². The molecule has 0 saturated carbocycles. The number of anilines is 2. The van der Waals surface area contributed by atoms with Gasteiger partial charge >= 0.3 is 0 Å². The second-order valence-electron chi connectivity index (χ2n) is 7.27. The van der Waals surface area contributed by atoms with E-state index >= 15 is 0 Å². The largest absolute Gasteiger partial charge is 0.325 e. The molecule has 0 bridgehead atoms. The van der Waals surface area contributed by atoms with E-state index in [2.05, 4.69) is 75.6 Å². The van der Waals surface area contributed by atoms with Gasteiger partial charge in [0, 0.05) is 30.0 Å². The molecule has 1 heterocycles. The van der Waals surface area contributed by atoms with Crippen LogP contribution in [0.4, 0.5) is 11.4 Å². The Hall–Kier alpha value is -1.93. The standard InChI is InChI=1S/C22H27ClN2/c1-14-9-16(3)21(17(4)10-14)24-7-8-25(20(24)13-23)22-18(5)11-15(2)12-19(22)6/h9-13H,7-8H2,1-6H3. The van der Waals surface area contributed by atoms with Crippen molar-refractivity contribution in [1.82, 2.24) is 0 Å². The maximum absolute atomic E-state index is 6.32. The van der Waals surface area contributed by atoms with Crippen molar-refractivity contribution in [3.8, 4) is 0 Å². The Bertz CT molecular complexity index is 738. The summed E-state index contributed by atoms with van der Waals surface area (Å²) in [7, 11) is 0. The number of hydrogen-bond donors (Lipinski definition) is 0. The summed E-state index contributed by atoms with van der Waals surface area (Å²) in [5, 5.41) is 0. The van der Waals surface area contributed by atoms with E-state index in [0.717, 1.165) is 18.9 Å². The number of nitrogens with zero attached hydrogens (tertiary/aromatic N) is 2. The smallest absolute Gasteiger partial charge is 0.125 e. The van der Waals surface area contributed by atoms with Gasteiger partial charge in [-0.05, 0) is 63.8 Å². The maximum atomic E-state index is 6.32. The second-order valence-corrected chi connectivity index (χ2v) is 7.48. The van der Waals surface area contributed by atoms with Crippen molar-refractivity contribution in [3.05, 3.63) is 69.0 Å². The molecule has 1 aliphatic heterocycles. The molecule has 0 radical (unpaired) electrons. The number of hydrogen-bond acceptors (Lipinski definition) is 2. The number of benzene rings is 2. The number of halogens is 1. The van der Waals surface area contributed by atoms with Gasteiger partial charge in [0.25, 0.3) is 0 Å². The van der Waals surface area contributed by atoms with Crippen LogP contribution in [-0.2, 0) is 0 Å². The molecule has 1 saturated heterocycles. The molecule has 1 fully saturated rings. The van der Waals surface area contributed by atoms with Crippen LogP contribution < -0.4 is 9.80 Å². The lowest BCUT2D eigenvalue weighted by Crippen LogP contribution is -2.24. The van der Waals surface area contributed by atoms with Gasteiger partial charge < -0.3 is 9.80 Å². The summed E-state index contributed by atoms with van der Waals surface area (Å²) in [6.07, 6.45) is 0. The Labute approximate surface area is 156 Å². The van der Waals surface area contributed by atoms with Crippen molar-refractivity contribution in [3.63, 3.8) is 0 Å². The Morgan fingerprint density at radius 2 is 1.00 bits per heavy atom. The number of rotatable bonds is 2. The van der Waals surface area contributed by atoms with Crippen LogP contribution in [0.5, 0.6) is 0 Å². The molecule has 0 amide bonds. The van der Waals surface area contributed by atoms with Crippen molar-refractivity contribution in [1.29, 1.82) is 0 Å². The zero-order chi connectivity index (χ0) is 18.3. The first kappa shape index (κ1) is 17.9. The quantitative estimate of drug-likeness (QED) is 0.662. The molecule has 2 aromatic rings. The third kappa shape index (κ3) is 3.16. The Kier molecular flexibility index (Phi) is 4.83. The van der Waals surface area contributed by atoms with Crippen LogP contribution in [0, 0.1) is 41.5 Å². The van der Waals surface area contributed by atoms with Crippen LogP contribution >= 0.6 is 11.6 Å². The summed E-state index contributed by atoms with van der Waals surface area (Å²) in [6.45, 7) is 14.9. The summed E-state index contributed by atoms with van der Waals surface area (Å²) in [4.78, 5) is 4.71. The highest BCUT2D eigenvalue weighted by Gasteiger charge is 2.30. The average molecular weight is 355 g/mol. The molecular weight excluding hydrogens is 328 g/mol.